The highest BCUT2D eigenvalue weighted by atomic mass is 19.4. The van der Waals surface area contributed by atoms with Crippen molar-refractivity contribution in [3.63, 3.8) is 0 Å². The van der Waals surface area contributed by atoms with Crippen LogP contribution in [0.4, 0.5) is 18.9 Å². The van der Waals surface area contributed by atoms with Gasteiger partial charge in [0.25, 0.3) is 0 Å². The first-order chi connectivity index (χ1) is 10.4. The molecule has 0 aliphatic carbocycles. The number of ether oxygens (including phenoxy) is 1. The van der Waals surface area contributed by atoms with Crippen molar-refractivity contribution in [3.05, 3.63) is 29.8 Å². The van der Waals surface area contributed by atoms with Crippen molar-refractivity contribution in [1.82, 2.24) is 5.32 Å². The number of carbonyl (C=O) groups is 2. The molecule has 1 saturated heterocycles. The summed E-state index contributed by atoms with van der Waals surface area (Å²) in [6.45, 7) is 0.763. The minimum atomic E-state index is -4.61. The number of carbonyl (C=O) groups excluding carboxylic acids is 2. The molecule has 0 bridgehead atoms. The molecule has 0 aromatic heterocycles. The Morgan fingerprint density at radius 1 is 1.23 bits per heavy atom. The standard InChI is InChI=1S/C14H15F3N2O3/c15-14(16,17)10-5-1-2-6-11(10)19-13(21)12(20)18-8-9-4-3-7-22-9/h1-2,5-6,9H,3-4,7-8H2,(H,18,20)(H,19,21)/t9-/m1/s1. The molecule has 1 aliphatic rings. The van der Waals surface area contributed by atoms with Crippen LogP contribution < -0.4 is 10.6 Å². The summed E-state index contributed by atoms with van der Waals surface area (Å²) < 4.78 is 43.6. The Morgan fingerprint density at radius 3 is 2.59 bits per heavy atom. The molecule has 2 rings (SSSR count). The fraction of sp³-hybridized carbons (Fsp3) is 0.429. The zero-order valence-corrected chi connectivity index (χ0v) is 11.6. The van der Waals surface area contributed by atoms with Gasteiger partial charge in [0.1, 0.15) is 0 Å². The zero-order chi connectivity index (χ0) is 16.2. The maximum Gasteiger partial charge on any atom is 0.418 e. The number of anilines is 1. The van der Waals surface area contributed by atoms with Crippen molar-refractivity contribution in [3.8, 4) is 0 Å². The molecule has 22 heavy (non-hydrogen) atoms. The van der Waals surface area contributed by atoms with E-state index in [0.29, 0.717) is 6.61 Å². The molecule has 0 radical (unpaired) electrons. The smallest absolute Gasteiger partial charge is 0.376 e. The minimum absolute atomic E-state index is 0.154. The number of halogens is 3. The Kier molecular flexibility index (Phi) is 5.02. The Bertz CT molecular complexity index is 555. The van der Waals surface area contributed by atoms with Gasteiger partial charge in [-0.15, -0.1) is 0 Å². The van der Waals surface area contributed by atoms with Crippen LogP contribution in [0.1, 0.15) is 18.4 Å². The van der Waals surface area contributed by atoms with Crippen molar-refractivity contribution in [2.24, 2.45) is 0 Å². The molecular formula is C14H15F3N2O3. The highest BCUT2D eigenvalue weighted by Crippen LogP contribution is 2.34. The van der Waals surface area contributed by atoms with Crippen LogP contribution in [-0.4, -0.2) is 31.1 Å². The van der Waals surface area contributed by atoms with Gasteiger partial charge in [-0.1, -0.05) is 12.1 Å². The Morgan fingerprint density at radius 2 is 1.95 bits per heavy atom. The van der Waals surface area contributed by atoms with Crippen molar-refractivity contribution in [1.29, 1.82) is 0 Å². The Hall–Kier alpha value is -2.09. The lowest BCUT2D eigenvalue weighted by molar-refractivity contribution is -0.138. The maximum absolute atomic E-state index is 12.8. The second-order valence-electron chi connectivity index (χ2n) is 4.84. The van der Waals surface area contributed by atoms with Gasteiger partial charge in [0, 0.05) is 13.2 Å². The zero-order valence-electron chi connectivity index (χ0n) is 11.6. The highest BCUT2D eigenvalue weighted by Gasteiger charge is 2.34. The molecule has 2 amide bonds. The second kappa shape index (κ2) is 6.78. The summed E-state index contributed by atoms with van der Waals surface area (Å²) in [5.74, 6) is -2.14. The van der Waals surface area contributed by atoms with E-state index in [-0.39, 0.29) is 12.6 Å². The van der Waals surface area contributed by atoms with Crippen molar-refractivity contribution >= 4 is 17.5 Å². The molecule has 0 spiro atoms. The molecule has 0 unspecified atom stereocenters. The van der Waals surface area contributed by atoms with E-state index in [0.717, 1.165) is 25.0 Å². The van der Waals surface area contributed by atoms with Gasteiger partial charge >= 0.3 is 18.0 Å². The number of rotatable bonds is 3. The molecule has 2 N–H and O–H groups in total. The van der Waals surface area contributed by atoms with E-state index in [2.05, 4.69) is 5.32 Å². The lowest BCUT2D eigenvalue weighted by Gasteiger charge is -2.14. The number of hydrogen-bond donors (Lipinski definition) is 2. The molecule has 120 valence electrons. The first-order valence-corrected chi connectivity index (χ1v) is 6.75. The summed E-state index contributed by atoms with van der Waals surface area (Å²) in [4.78, 5) is 23.3. The quantitative estimate of drug-likeness (QED) is 0.838. The van der Waals surface area contributed by atoms with Gasteiger partial charge in [-0.2, -0.15) is 13.2 Å². The molecule has 8 heteroatoms. The average molecular weight is 316 g/mol. The normalized spacial score (nSPS) is 18.0. The van der Waals surface area contributed by atoms with E-state index in [1.54, 1.807) is 0 Å². The first-order valence-electron chi connectivity index (χ1n) is 6.75. The monoisotopic (exact) mass is 316 g/mol. The molecule has 1 heterocycles. The molecule has 1 aromatic rings. The minimum Gasteiger partial charge on any atom is -0.376 e. The first kappa shape index (κ1) is 16.3. The lowest BCUT2D eigenvalue weighted by atomic mass is 10.1. The number of benzene rings is 1. The SMILES string of the molecule is O=C(NC[C@H]1CCCO1)C(=O)Nc1ccccc1C(F)(F)F. The van der Waals surface area contributed by atoms with E-state index < -0.39 is 29.2 Å². The topological polar surface area (TPSA) is 67.4 Å². The predicted octanol–water partition coefficient (Wildman–Crippen LogP) is 1.94. The van der Waals surface area contributed by atoms with Crippen molar-refractivity contribution < 1.29 is 27.5 Å². The van der Waals surface area contributed by atoms with Crippen LogP contribution in [0.3, 0.4) is 0 Å². The van der Waals surface area contributed by atoms with Crippen LogP contribution in [-0.2, 0) is 20.5 Å². The fourth-order valence-corrected chi connectivity index (χ4v) is 2.11. The largest absolute Gasteiger partial charge is 0.418 e. The molecular weight excluding hydrogens is 301 g/mol. The van der Waals surface area contributed by atoms with E-state index in [1.807, 2.05) is 5.32 Å². The van der Waals surface area contributed by atoms with Gasteiger partial charge in [0.05, 0.1) is 17.4 Å². The van der Waals surface area contributed by atoms with Crippen LogP contribution in [0.2, 0.25) is 0 Å². The average Bonchev–Trinajstić information content (AvgIpc) is 2.97. The fourth-order valence-electron chi connectivity index (χ4n) is 2.11. The maximum atomic E-state index is 12.8. The number of hydrogen-bond acceptors (Lipinski definition) is 3. The Balaban J connectivity index is 1.95. The summed E-state index contributed by atoms with van der Waals surface area (Å²) in [6, 6.07) is 4.47. The number of nitrogens with one attached hydrogen (secondary N) is 2. The third-order valence-electron chi connectivity index (χ3n) is 3.20. The molecule has 1 fully saturated rings. The lowest BCUT2D eigenvalue weighted by Crippen LogP contribution is -2.39. The summed E-state index contributed by atoms with van der Waals surface area (Å²) in [6.07, 6.45) is -3.11. The van der Waals surface area contributed by atoms with E-state index in [1.165, 1.54) is 12.1 Å². The molecule has 0 saturated carbocycles. The van der Waals surface area contributed by atoms with Gasteiger partial charge in [-0.25, -0.2) is 0 Å². The molecule has 1 atom stereocenters. The Labute approximate surface area is 124 Å². The number of para-hydroxylation sites is 1. The molecule has 1 aliphatic heterocycles. The van der Waals surface area contributed by atoms with Crippen molar-refractivity contribution in [2.75, 3.05) is 18.5 Å². The summed E-state index contributed by atoms with van der Waals surface area (Å²) >= 11 is 0. The van der Waals surface area contributed by atoms with Gasteiger partial charge in [0.2, 0.25) is 0 Å². The highest BCUT2D eigenvalue weighted by molar-refractivity contribution is 6.39. The summed E-state index contributed by atoms with van der Waals surface area (Å²) in [5.41, 5.74) is -1.46. The van der Waals surface area contributed by atoms with Gasteiger partial charge in [-0.3, -0.25) is 9.59 Å². The van der Waals surface area contributed by atoms with Crippen molar-refractivity contribution in [2.45, 2.75) is 25.1 Å². The van der Waals surface area contributed by atoms with E-state index in [4.69, 9.17) is 4.74 Å². The van der Waals surface area contributed by atoms with Crippen LogP contribution >= 0.6 is 0 Å². The summed E-state index contributed by atoms with van der Waals surface area (Å²) in [5, 5.41) is 4.33. The van der Waals surface area contributed by atoms with Crippen LogP contribution in [0, 0.1) is 0 Å². The molecule has 5 nitrogen and oxygen atoms in total. The number of amides is 2. The van der Waals surface area contributed by atoms with E-state index in [9.17, 15) is 22.8 Å². The third kappa shape index (κ3) is 4.20. The third-order valence-corrected chi connectivity index (χ3v) is 3.20. The summed E-state index contributed by atoms with van der Waals surface area (Å²) in [7, 11) is 0. The predicted molar refractivity (Wildman–Crippen MR) is 72.1 cm³/mol. The van der Waals surface area contributed by atoms with Crippen LogP contribution in [0.5, 0.6) is 0 Å². The van der Waals surface area contributed by atoms with Crippen LogP contribution in [0.15, 0.2) is 24.3 Å². The van der Waals surface area contributed by atoms with Gasteiger partial charge in [-0.05, 0) is 25.0 Å². The van der Waals surface area contributed by atoms with Gasteiger partial charge < -0.3 is 15.4 Å². The molecule has 1 aromatic carbocycles. The second-order valence-corrected chi connectivity index (χ2v) is 4.84. The number of alkyl halides is 3. The van der Waals surface area contributed by atoms with E-state index >= 15 is 0 Å². The van der Waals surface area contributed by atoms with Gasteiger partial charge in [0.15, 0.2) is 0 Å². The van der Waals surface area contributed by atoms with Crippen LogP contribution in [0.25, 0.3) is 0 Å².